The van der Waals surface area contributed by atoms with Crippen LogP contribution < -0.4 is 5.46 Å². The molecule has 0 heterocycles. The molecule has 0 bridgehead atoms. The highest BCUT2D eigenvalue weighted by molar-refractivity contribution is 9.10. The summed E-state index contributed by atoms with van der Waals surface area (Å²) in [5.74, 6) is 1.56. The van der Waals surface area contributed by atoms with Crippen LogP contribution in [0.5, 0.6) is 0 Å². The second-order valence-electron chi connectivity index (χ2n) is 29.4. The van der Waals surface area contributed by atoms with Gasteiger partial charge in [-0.25, -0.2) is 0 Å². The highest BCUT2D eigenvalue weighted by Gasteiger charge is 2.45. The highest BCUT2D eigenvalue weighted by Crippen LogP contribution is 2.56. The summed E-state index contributed by atoms with van der Waals surface area (Å²) in [4.78, 5) is 0. The van der Waals surface area contributed by atoms with E-state index < -0.39 is 7.12 Å². The number of halogens is 1. The molecule has 0 saturated carbocycles. The van der Waals surface area contributed by atoms with Gasteiger partial charge in [-0.1, -0.05) is 335 Å². The summed E-state index contributed by atoms with van der Waals surface area (Å²) in [7, 11) is -1.45. The van der Waals surface area contributed by atoms with Gasteiger partial charge in [-0.05, 0) is 230 Å². The van der Waals surface area contributed by atoms with Crippen molar-refractivity contribution in [3.63, 3.8) is 0 Å². The Hall–Kier alpha value is -11.0. The van der Waals surface area contributed by atoms with Gasteiger partial charge in [0, 0.05) is 27.6 Å². The zero-order valence-electron chi connectivity index (χ0n) is 57.5. The molecule has 4 atom stereocenters. The van der Waals surface area contributed by atoms with E-state index in [1.807, 2.05) is 18.2 Å². The van der Waals surface area contributed by atoms with E-state index >= 15 is 0 Å². The molecule has 0 aromatic heterocycles. The quantitative estimate of drug-likeness (QED) is 0.129. The predicted octanol–water partition coefficient (Wildman–Crippen LogP) is 24.8. The Balaban J connectivity index is 0.000000119. The van der Waals surface area contributed by atoms with Crippen LogP contribution in [0, 0.1) is 17.8 Å². The first kappa shape index (κ1) is 63.2. The third-order valence-corrected chi connectivity index (χ3v) is 23.3. The molecular formula is C98H74BBrO2. The summed E-state index contributed by atoms with van der Waals surface area (Å²) in [6.07, 6.45) is 22.0. The molecule has 2 N–H and O–H groups in total. The van der Waals surface area contributed by atoms with E-state index in [1.54, 1.807) is 6.07 Å². The summed E-state index contributed by atoms with van der Waals surface area (Å²) < 4.78 is 1.15. The summed E-state index contributed by atoms with van der Waals surface area (Å²) in [5.41, 5.74) is 21.9. The Morgan fingerprint density at radius 3 is 1.37 bits per heavy atom. The summed E-state index contributed by atoms with van der Waals surface area (Å²) >= 11 is 3.64. The minimum Gasteiger partial charge on any atom is -0.423 e. The molecule has 0 spiro atoms. The molecular weight excluding hydrogens is 1300 g/mol. The SMILES string of the molecule is CC1(C)c2cc(-c3ccc4ccccc4c3)ccc2C2C=CC(C3=CC4C=CC(c5cc6ccccc6c6ccccc56)=CC4C=C3)=CC21.CC1(C)c2cc(Br)ccc2-c2ccc(-c3ccc4ccccc4c3)cc21.OB(O)c1ccc2cc(-c3cc4ccccc4c4ccccc34)ccc2c1. The maximum Gasteiger partial charge on any atom is 0.488 e. The zero-order chi connectivity index (χ0) is 69.0. The lowest BCUT2D eigenvalue weighted by Crippen LogP contribution is -2.29. The molecule has 2 nitrogen and oxygen atoms in total. The van der Waals surface area contributed by atoms with E-state index in [-0.39, 0.29) is 10.8 Å². The van der Waals surface area contributed by atoms with Crippen LogP contribution in [0.1, 0.15) is 61.4 Å². The number of hydrogen-bond acceptors (Lipinski definition) is 2. The second kappa shape index (κ2) is 25.3. The minimum absolute atomic E-state index is 0.0152. The van der Waals surface area contributed by atoms with Crippen LogP contribution in [0.4, 0.5) is 0 Å². The number of benzene rings is 15. The van der Waals surface area contributed by atoms with Crippen LogP contribution in [0.3, 0.4) is 0 Å². The number of hydrogen-bond donors (Lipinski definition) is 2. The van der Waals surface area contributed by atoms with Crippen LogP contribution in [0.2, 0.25) is 0 Å². The molecule has 0 aliphatic heterocycles. The molecule has 15 aromatic carbocycles. The molecule has 5 aliphatic carbocycles. The van der Waals surface area contributed by atoms with Crippen LogP contribution in [-0.4, -0.2) is 17.2 Å². The van der Waals surface area contributed by atoms with Crippen molar-refractivity contribution < 1.29 is 10.0 Å². The fourth-order valence-corrected chi connectivity index (χ4v) is 17.7. The Labute approximate surface area is 605 Å². The molecule has 4 unspecified atom stereocenters. The zero-order valence-corrected chi connectivity index (χ0v) is 59.1. The molecule has 20 rings (SSSR count). The van der Waals surface area contributed by atoms with Crippen molar-refractivity contribution in [1.29, 1.82) is 0 Å². The van der Waals surface area contributed by atoms with Gasteiger partial charge in [0.15, 0.2) is 0 Å². The predicted molar refractivity (Wildman–Crippen MR) is 438 cm³/mol. The van der Waals surface area contributed by atoms with Gasteiger partial charge in [0.1, 0.15) is 0 Å². The van der Waals surface area contributed by atoms with E-state index in [0.29, 0.717) is 29.1 Å². The van der Waals surface area contributed by atoms with Crippen molar-refractivity contribution >= 4 is 109 Å². The molecule has 102 heavy (non-hydrogen) atoms. The van der Waals surface area contributed by atoms with Gasteiger partial charge in [-0.2, -0.15) is 0 Å². The molecule has 15 aromatic rings. The molecule has 0 fully saturated rings. The molecule has 488 valence electrons. The lowest BCUT2D eigenvalue weighted by Gasteiger charge is -2.32. The first-order valence-corrected chi connectivity index (χ1v) is 36.5. The maximum atomic E-state index is 9.39. The minimum atomic E-state index is -1.45. The van der Waals surface area contributed by atoms with E-state index in [1.165, 1.54) is 148 Å². The van der Waals surface area contributed by atoms with Gasteiger partial charge in [0.05, 0.1) is 0 Å². The summed E-state index contributed by atoms with van der Waals surface area (Å²) in [5, 5.41) is 36.3. The number of rotatable bonds is 6. The Morgan fingerprint density at radius 2 is 0.735 bits per heavy atom. The van der Waals surface area contributed by atoms with E-state index in [9.17, 15) is 10.0 Å². The first-order chi connectivity index (χ1) is 49.7. The Morgan fingerprint density at radius 1 is 0.314 bits per heavy atom. The molecule has 0 radical (unpaired) electrons. The monoisotopic (exact) mass is 1370 g/mol. The number of allylic oxidation sites excluding steroid dienone is 12. The Kier molecular flexibility index (Phi) is 15.7. The fraction of sp³-hybridized carbons (Fsp3) is 0.102. The van der Waals surface area contributed by atoms with Crippen molar-refractivity contribution in [2.45, 2.75) is 44.4 Å². The third-order valence-electron chi connectivity index (χ3n) is 22.8. The smallest absolute Gasteiger partial charge is 0.423 e. The fourth-order valence-electron chi connectivity index (χ4n) is 17.3. The molecule has 0 saturated heterocycles. The van der Waals surface area contributed by atoms with Crippen molar-refractivity contribution in [2.24, 2.45) is 17.8 Å². The second-order valence-corrected chi connectivity index (χ2v) is 30.4. The van der Waals surface area contributed by atoms with E-state index in [2.05, 4.69) is 359 Å². The van der Waals surface area contributed by atoms with Crippen LogP contribution >= 0.6 is 15.9 Å². The van der Waals surface area contributed by atoms with Gasteiger partial charge < -0.3 is 10.0 Å². The molecule has 4 heteroatoms. The molecule has 0 amide bonds. The summed E-state index contributed by atoms with van der Waals surface area (Å²) in [6.45, 7) is 9.55. The lowest BCUT2D eigenvalue weighted by atomic mass is 9.71. The average Bonchev–Trinajstić information content (AvgIpc) is 1.52. The highest BCUT2D eigenvalue weighted by atomic mass is 79.9. The van der Waals surface area contributed by atoms with Crippen molar-refractivity contribution in [1.82, 2.24) is 0 Å². The van der Waals surface area contributed by atoms with Gasteiger partial charge >= 0.3 is 7.12 Å². The van der Waals surface area contributed by atoms with Gasteiger partial charge in [-0.3, -0.25) is 0 Å². The van der Waals surface area contributed by atoms with Crippen molar-refractivity contribution in [3.8, 4) is 44.5 Å². The van der Waals surface area contributed by atoms with Crippen LogP contribution in [-0.2, 0) is 10.8 Å². The van der Waals surface area contributed by atoms with E-state index in [4.69, 9.17) is 0 Å². The topological polar surface area (TPSA) is 40.5 Å². The normalized spacial score (nSPS) is 17.8. The average molecular weight is 1370 g/mol. The maximum absolute atomic E-state index is 9.39. The van der Waals surface area contributed by atoms with Crippen LogP contribution in [0.15, 0.2) is 355 Å². The first-order valence-electron chi connectivity index (χ1n) is 35.8. The van der Waals surface area contributed by atoms with Gasteiger partial charge in [0.2, 0.25) is 0 Å². The number of fused-ring (bicyclic) bond motifs is 16. The van der Waals surface area contributed by atoms with Gasteiger partial charge in [0.25, 0.3) is 0 Å². The van der Waals surface area contributed by atoms with Crippen LogP contribution in [0.25, 0.3) is 125 Å². The van der Waals surface area contributed by atoms with Gasteiger partial charge in [-0.15, -0.1) is 0 Å². The standard InChI is InChI=1S/C49H38.C25H19Br.C24H17BO2/c1-49(2)47-29-37(34-16-15-31-9-3-4-10-32(31)25-34)21-23-44(47)45-24-22-38(30-48(45)49)35-17-18-36-27-40(20-19-33(36)26-35)46-28-39-11-5-6-12-41(39)42-13-7-8-14-43(42)46;1-25(2)23-14-19(18-8-7-16-5-3-4-6-17(16)13-18)9-11-21(23)22-12-10-20(26)15-24(22)25;26-25(27)20-12-11-16-13-19(10-9-17(16)14-20)24-15-18-5-1-2-6-21(18)22-7-3-4-8-23(22)24/h3-30,33,36,45,48H,1-2H3;3-15H,1-2H3;1-15,26-27H. The van der Waals surface area contributed by atoms with E-state index in [0.717, 1.165) is 20.8 Å². The molecule has 5 aliphatic rings. The van der Waals surface area contributed by atoms with Crippen molar-refractivity contribution in [2.75, 3.05) is 0 Å². The lowest BCUT2D eigenvalue weighted by molar-refractivity contribution is 0.393. The summed E-state index contributed by atoms with van der Waals surface area (Å²) in [6, 6.07) is 103. The largest absolute Gasteiger partial charge is 0.488 e. The Bertz CT molecular complexity index is 6170. The van der Waals surface area contributed by atoms with Crippen molar-refractivity contribution in [3.05, 3.63) is 383 Å². The third kappa shape index (κ3) is 11.1.